The van der Waals surface area contributed by atoms with Crippen molar-refractivity contribution >= 4 is 11.6 Å². The van der Waals surface area contributed by atoms with Gasteiger partial charge in [0.1, 0.15) is 0 Å². The van der Waals surface area contributed by atoms with Crippen LogP contribution in [-0.4, -0.2) is 0 Å². The summed E-state index contributed by atoms with van der Waals surface area (Å²) < 4.78 is 0. The summed E-state index contributed by atoms with van der Waals surface area (Å²) in [6.45, 7) is 6.61. The molecule has 0 radical (unpaired) electrons. The molecule has 0 aromatic heterocycles. The van der Waals surface area contributed by atoms with Gasteiger partial charge in [-0.3, -0.25) is 0 Å². The molecule has 0 fully saturated rings. The average molecular weight is 183 g/mol. The Morgan fingerprint density at radius 2 is 1.92 bits per heavy atom. The van der Waals surface area contributed by atoms with E-state index in [9.17, 15) is 0 Å². The molecule has 1 aliphatic carbocycles. The summed E-state index contributed by atoms with van der Waals surface area (Å²) in [4.78, 5) is 0. The van der Waals surface area contributed by atoms with Crippen molar-refractivity contribution in [3.63, 3.8) is 0 Å². The van der Waals surface area contributed by atoms with Crippen LogP contribution in [0.3, 0.4) is 0 Å². The summed E-state index contributed by atoms with van der Waals surface area (Å²) in [5.74, 6) is 0. The predicted molar refractivity (Wildman–Crippen MR) is 55.2 cm³/mol. The minimum Gasteiger partial charge on any atom is -0.0888 e. The molecule has 0 saturated carbocycles. The molecule has 0 unspecified atom stereocenters. The molecular formula is C11H15Cl. The summed E-state index contributed by atoms with van der Waals surface area (Å²) in [5.41, 5.74) is 1.55. The van der Waals surface area contributed by atoms with Crippen molar-refractivity contribution in [1.82, 2.24) is 0 Å². The van der Waals surface area contributed by atoms with E-state index in [0.717, 1.165) is 11.5 Å². The van der Waals surface area contributed by atoms with Gasteiger partial charge in [0.05, 0.1) is 0 Å². The molecule has 0 aromatic carbocycles. The molecule has 1 aliphatic rings. The molecule has 0 saturated heterocycles. The zero-order valence-electron chi connectivity index (χ0n) is 7.89. The van der Waals surface area contributed by atoms with Gasteiger partial charge in [-0.25, -0.2) is 0 Å². The van der Waals surface area contributed by atoms with E-state index in [-0.39, 0.29) is 5.41 Å². The Balaban J connectivity index is 2.92. The van der Waals surface area contributed by atoms with Crippen LogP contribution in [-0.2, 0) is 0 Å². The second-order valence-corrected chi connectivity index (χ2v) is 4.58. The van der Waals surface area contributed by atoms with Crippen molar-refractivity contribution in [1.29, 1.82) is 0 Å². The monoisotopic (exact) mass is 182 g/mol. The van der Waals surface area contributed by atoms with E-state index in [1.54, 1.807) is 0 Å². The van der Waals surface area contributed by atoms with E-state index in [2.05, 4.69) is 39.0 Å². The first-order valence-corrected chi connectivity index (χ1v) is 4.61. The van der Waals surface area contributed by atoms with Gasteiger partial charge < -0.3 is 0 Å². The highest BCUT2D eigenvalue weighted by Gasteiger charge is 2.14. The van der Waals surface area contributed by atoms with Crippen molar-refractivity contribution < 1.29 is 0 Å². The Morgan fingerprint density at radius 1 is 1.25 bits per heavy atom. The molecule has 1 heteroatoms. The van der Waals surface area contributed by atoms with E-state index in [1.165, 1.54) is 5.57 Å². The predicted octanol–water partition coefficient (Wildman–Crippen LogP) is 4.04. The van der Waals surface area contributed by atoms with Gasteiger partial charge in [0.2, 0.25) is 0 Å². The van der Waals surface area contributed by atoms with Crippen LogP contribution in [0, 0.1) is 5.41 Å². The lowest BCUT2D eigenvalue weighted by atomic mass is 9.86. The molecule has 0 heterocycles. The molecule has 0 aromatic rings. The van der Waals surface area contributed by atoms with Crippen LogP contribution in [0.15, 0.2) is 34.9 Å². The van der Waals surface area contributed by atoms with Crippen molar-refractivity contribution in [3.8, 4) is 0 Å². The van der Waals surface area contributed by atoms with E-state index >= 15 is 0 Å². The van der Waals surface area contributed by atoms with Crippen molar-refractivity contribution in [2.24, 2.45) is 5.41 Å². The van der Waals surface area contributed by atoms with Gasteiger partial charge in [-0.15, -0.1) is 0 Å². The molecule has 0 nitrogen and oxygen atoms in total. The van der Waals surface area contributed by atoms with E-state index in [0.29, 0.717) is 0 Å². The van der Waals surface area contributed by atoms with Crippen LogP contribution in [0.2, 0.25) is 0 Å². The molecule has 0 bridgehead atoms. The van der Waals surface area contributed by atoms with E-state index < -0.39 is 0 Å². The Bertz CT molecular complexity index is 249. The number of hydrogen-bond donors (Lipinski definition) is 0. The third-order valence-corrected chi connectivity index (χ3v) is 2.20. The maximum absolute atomic E-state index is 5.90. The minimum absolute atomic E-state index is 0.217. The number of hydrogen-bond acceptors (Lipinski definition) is 0. The van der Waals surface area contributed by atoms with Crippen molar-refractivity contribution in [2.45, 2.75) is 27.2 Å². The van der Waals surface area contributed by atoms with Crippen molar-refractivity contribution in [3.05, 3.63) is 34.9 Å². The normalized spacial score (nSPS) is 18.3. The van der Waals surface area contributed by atoms with Crippen LogP contribution in [0.5, 0.6) is 0 Å². The highest BCUT2D eigenvalue weighted by atomic mass is 35.5. The molecule has 1 rings (SSSR count). The molecule has 0 amide bonds. The fourth-order valence-electron chi connectivity index (χ4n) is 1.10. The highest BCUT2D eigenvalue weighted by Crippen LogP contribution is 2.28. The summed E-state index contributed by atoms with van der Waals surface area (Å²) >= 11 is 5.90. The Morgan fingerprint density at radius 3 is 2.50 bits per heavy atom. The largest absolute Gasteiger partial charge is 0.0888 e. The Kier molecular flexibility index (Phi) is 2.79. The van der Waals surface area contributed by atoms with Gasteiger partial charge in [0.15, 0.2) is 0 Å². The number of allylic oxidation sites excluding steroid dienone is 6. The molecule has 0 aliphatic heterocycles. The number of halogens is 1. The fraction of sp³-hybridized carbons (Fsp3) is 0.455. The van der Waals surface area contributed by atoms with E-state index in [4.69, 9.17) is 11.6 Å². The lowest BCUT2D eigenvalue weighted by Gasteiger charge is -2.19. The van der Waals surface area contributed by atoms with Gasteiger partial charge in [-0.2, -0.15) is 0 Å². The highest BCUT2D eigenvalue weighted by molar-refractivity contribution is 6.29. The zero-order chi connectivity index (χ0) is 9.19. The fourth-order valence-corrected chi connectivity index (χ4v) is 1.25. The average Bonchev–Trinajstić information content (AvgIpc) is 2.11. The Labute approximate surface area is 79.6 Å². The minimum atomic E-state index is 0.217. The van der Waals surface area contributed by atoms with Crippen LogP contribution in [0.4, 0.5) is 0 Å². The number of rotatable bonds is 0. The quantitative estimate of drug-likeness (QED) is 0.531. The zero-order valence-corrected chi connectivity index (χ0v) is 8.65. The van der Waals surface area contributed by atoms with Gasteiger partial charge in [-0.05, 0) is 17.1 Å². The molecule has 0 spiro atoms. The first kappa shape index (κ1) is 9.60. The summed E-state index contributed by atoms with van der Waals surface area (Å²) in [5, 5.41) is 0.908. The van der Waals surface area contributed by atoms with Crippen LogP contribution >= 0.6 is 11.6 Å². The van der Waals surface area contributed by atoms with Gasteiger partial charge >= 0.3 is 0 Å². The second kappa shape index (κ2) is 3.49. The van der Waals surface area contributed by atoms with Crippen molar-refractivity contribution in [2.75, 3.05) is 0 Å². The van der Waals surface area contributed by atoms with Gasteiger partial charge in [0, 0.05) is 11.5 Å². The maximum atomic E-state index is 5.90. The van der Waals surface area contributed by atoms with E-state index in [1.807, 2.05) is 6.08 Å². The topological polar surface area (TPSA) is 0 Å². The lowest BCUT2D eigenvalue weighted by molar-refractivity contribution is 0.517. The smallest absolute Gasteiger partial charge is 0.0218 e. The Hall–Kier alpha value is -0.490. The summed E-state index contributed by atoms with van der Waals surface area (Å²) in [7, 11) is 0. The standard InChI is InChI=1S/C11H15Cl/c1-11(2,3)9-5-4-6-10(12)8-7-9/h4-5,7-8H,6H2,1-3H3. The van der Waals surface area contributed by atoms with Gasteiger partial charge in [0.25, 0.3) is 0 Å². The third kappa shape index (κ3) is 2.53. The summed E-state index contributed by atoms with van der Waals surface area (Å²) in [6.07, 6.45) is 9.22. The second-order valence-electron chi connectivity index (χ2n) is 4.09. The first-order valence-electron chi connectivity index (χ1n) is 4.23. The van der Waals surface area contributed by atoms with Crippen LogP contribution in [0.25, 0.3) is 0 Å². The van der Waals surface area contributed by atoms with Gasteiger partial charge in [-0.1, -0.05) is 50.6 Å². The van der Waals surface area contributed by atoms with Crippen LogP contribution in [0.1, 0.15) is 27.2 Å². The molecular weight excluding hydrogens is 168 g/mol. The van der Waals surface area contributed by atoms with Crippen LogP contribution < -0.4 is 0 Å². The SMILES string of the molecule is CC(C)(C)C1=CC=C(Cl)CC=C1. The summed E-state index contributed by atoms with van der Waals surface area (Å²) in [6, 6.07) is 0. The molecule has 0 N–H and O–H groups in total. The third-order valence-electron chi connectivity index (χ3n) is 1.92. The lowest BCUT2D eigenvalue weighted by Crippen LogP contribution is -2.06. The maximum Gasteiger partial charge on any atom is 0.0218 e. The molecule has 66 valence electrons. The molecule has 12 heavy (non-hydrogen) atoms. The molecule has 0 atom stereocenters. The first-order chi connectivity index (χ1) is 5.50.